The van der Waals surface area contributed by atoms with Crippen LogP contribution >= 0.6 is 0 Å². The van der Waals surface area contributed by atoms with Gasteiger partial charge in [-0.05, 0) is 75.1 Å². The van der Waals surface area contributed by atoms with Gasteiger partial charge in [0, 0.05) is 23.9 Å². The molecule has 3 amide bonds. The highest BCUT2D eigenvalue weighted by Crippen LogP contribution is 2.36. The van der Waals surface area contributed by atoms with Crippen LogP contribution < -0.4 is 15.0 Å². The Labute approximate surface area is 275 Å². The SMILES string of the molecule is COc1ccc2cc(-c3n[nH]c(C(F)(F)F)n3)ccc2c1CN1C(=O)[C@@H](NC(=O)[C@H](C)N(C)C(=O)OC(C)(C)C)CCc2ccccc21. The third kappa shape index (κ3) is 7.21. The molecular formula is C34H37F3N6O5. The van der Waals surface area contributed by atoms with E-state index in [4.69, 9.17) is 9.47 Å². The highest BCUT2D eigenvalue weighted by Gasteiger charge is 2.36. The number of aryl methyl sites for hydroxylation is 1. The fourth-order valence-electron chi connectivity index (χ4n) is 5.52. The van der Waals surface area contributed by atoms with Crippen LogP contribution in [0.1, 0.15) is 51.1 Å². The molecule has 2 N–H and O–H groups in total. The van der Waals surface area contributed by atoms with Gasteiger partial charge in [-0.15, -0.1) is 0 Å². The fourth-order valence-corrected chi connectivity index (χ4v) is 5.52. The van der Waals surface area contributed by atoms with E-state index in [9.17, 15) is 27.6 Å². The molecule has 0 saturated heterocycles. The van der Waals surface area contributed by atoms with Crippen LogP contribution in [0.25, 0.3) is 22.2 Å². The van der Waals surface area contributed by atoms with Gasteiger partial charge in [-0.25, -0.2) is 9.78 Å². The Kier molecular flexibility index (Phi) is 9.38. The van der Waals surface area contributed by atoms with E-state index in [-0.39, 0.29) is 18.3 Å². The molecule has 0 fully saturated rings. The molecule has 11 nitrogen and oxygen atoms in total. The number of aromatic amines is 1. The van der Waals surface area contributed by atoms with E-state index in [1.807, 2.05) is 29.4 Å². The van der Waals surface area contributed by atoms with Crippen LogP contribution in [0.3, 0.4) is 0 Å². The second-order valence-electron chi connectivity index (χ2n) is 12.6. The fraction of sp³-hybridized carbons (Fsp3) is 0.382. The van der Waals surface area contributed by atoms with Gasteiger partial charge in [0.1, 0.15) is 23.4 Å². The number of rotatable bonds is 7. The summed E-state index contributed by atoms with van der Waals surface area (Å²) in [4.78, 5) is 46.7. The number of alkyl halides is 3. The highest BCUT2D eigenvalue weighted by atomic mass is 19.4. The smallest absolute Gasteiger partial charge is 0.451 e. The number of halogens is 3. The molecule has 48 heavy (non-hydrogen) atoms. The number of ether oxygens (including phenoxy) is 2. The third-order valence-electron chi connectivity index (χ3n) is 8.14. The van der Waals surface area contributed by atoms with Crippen molar-refractivity contribution >= 4 is 34.4 Å². The van der Waals surface area contributed by atoms with Crippen molar-refractivity contribution in [2.24, 2.45) is 0 Å². The molecule has 254 valence electrons. The van der Waals surface area contributed by atoms with Crippen molar-refractivity contribution in [3.63, 3.8) is 0 Å². The number of carbonyl (C=O) groups excluding carboxylic acids is 3. The quantitative estimate of drug-likeness (QED) is 0.252. The Balaban J connectivity index is 1.46. The van der Waals surface area contributed by atoms with Crippen LogP contribution in [0.5, 0.6) is 5.75 Å². The molecule has 0 bridgehead atoms. The molecule has 1 aliphatic rings. The summed E-state index contributed by atoms with van der Waals surface area (Å²) in [6.07, 6.45) is -4.50. The first kappa shape index (κ1) is 34.2. The van der Waals surface area contributed by atoms with Gasteiger partial charge in [-0.2, -0.15) is 18.3 Å². The van der Waals surface area contributed by atoms with Gasteiger partial charge in [0.2, 0.25) is 17.6 Å². The van der Waals surface area contributed by atoms with Crippen LogP contribution in [0.15, 0.2) is 54.6 Å². The number of nitrogens with one attached hydrogen (secondary N) is 2. The lowest BCUT2D eigenvalue weighted by molar-refractivity contribution is -0.144. The zero-order valence-electron chi connectivity index (χ0n) is 27.4. The van der Waals surface area contributed by atoms with Crippen LogP contribution in [0, 0.1) is 0 Å². The Morgan fingerprint density at radius 2 is 1.85 bits per heavy atom. The molecule has 0 unspecified atom stereocenters. The largest absolute Gasteiger partial charge is 0.496 e. The first-order valence-electron chi connectivity index (χ1n) is 15.3. The molecule has 0 saturated carbocycles. The molecule has 1 aromatic heterocycles. The minimum atomic E-state index is -4.66. The van der Waals surface area contributed by atoms with Gasteiger partial charge in [0.25, 0.3) is 0 Å². The van der Waals surface area contributed by atoms with Gasteiger partial charge in [-0.1, -0.05) is 36.4 Å². The summed E-state index contributed by atoms with van der Waals surface area (Å²) in [5, 5.41) is 9.90. The highest BCUT2D eigenvalue weighted by molar-refractivity contribution is 6.02. The first-order valence-corrected chi connectivity index (χ1v) is 15.3. The second-order valence-corrected chi connectivity index (χ2v) is 12.6. The summed E-state index contributed by atoms with van der Waals surface area (Å²) in [5.41, 5.74) is 1.86. The molecule has 0 aliphatic carbocycles. The predicted molar refractivity (Wildman–Crippen MR) is 172 cm³/mol. The number of aromatic nitrogens is 3. The Morgan fingerprint density at radius 3 is 2.52 bits per heavy atom. The summed E-state index contributed by atoms with van der Waals surface area (Å²) in [6.45, 7) is 6.81. The molecule has 0 radical (unpaired) electrons. The standard InChI is InChI=1S/C34H37F3N6O5/c1-19(42(5)32(46)48-33(2,3)4)29(44)38-25-15-12-20-9-7-8-10-26(20)43(30(25)45)18-24-23-14-11-22(17-21(23)13-16-27(24)47-6)28-39-31(41-40-28)34(35,36)37/h7-11,13-14,16-17,19,25H,12,15,18H2,1-6H3,(H,38,44)(H,39,40,41)/t19-,25-/m0/s1. The van der Waals surface area contributed by atoms with E-state index in [1.54, 1.807) is 62.9 Å². The molecule has 1 aliphatic heterocycles. The van der Waals surface area contributed by atoms with Crippen LogP contribution in [-0.2, 0) is 33.5 Å². The molecule has 14 heteroatoms. The number of fused-ring (bicyclic) bond motifs is 2. The van der Waals surface area contributed by atoms with Crippen molar-refractivity contribution in [2.45, 2.75) is 70.9 Å². The predicted octanol–water partition coefficient (Wildman–Crippen LogP) is 5.87. The maximum absolute atomic E-state index is 14.3. The zero-order valence-corrected chi connectivity index (χ0v) is 27.4. The van der Waals surface area contributed by atoms with Crippen LogP contribution in [0.2, 0.25) is 0 Å². The van der Waals surface area contributed by atoms with Crippen LogP contribution in [0.4, 0.5) is 23.7 Å². The lowest BCUT2D eigenvalue weighted by atomic mass is 9.99. The molecule has 3 aromatic carbocycles. The van der Waals surface area contributed by atoms with Gasteiger partial charge >= 0.3 is 12.3 Å². The molecular weight excluding hydrogens is 629 g/mol. The zero-order chi connectivity index (χ0) is 35.0. The minimum Gasteiger partial charge on any atom is -0.496 e. The number of methoxy groups -OCH3 is 1. The number of carbonyl (C=O) groups is 3. The molecule has 0 spiro atoms. The number of benzene rings is 3. The number of anilines is 1. The number of hydrogen-bond donors (Lipinski definition) is 2. The number of nitrogens with zero attached hydrogens (tertiary/aromatic N) is 4. The van der Waals surface area contributed by atoms with E-state index in [2.05, 4.69) is 15.4 Å². The van der Waals surface area contributed by atoms with Crippen molar-refractivity contribution in [1.29, 1.82) is 0 Å². The van der Waals surface area contributed by atoms with Crippen LogP contribution in [-0.4, -0.2) is 69.8 Å². The van der Waals surface area contributed by atoms with E-state index in [1.165, 1.54) is 19.1 Å². The summed E-state index contributed by atoms with van der Waals surface area (Å²) in [7, 11) is 2.97. The summed E-state index contributed by atoms with van der Waals surface area (Å²) in [6, 6.07) is 14.2. The number of H-pyrrole nitrogens is 1. The monoisotopic (exact) mass is 666 g/mol. The van der Waals surface area contributed by atoms with E-state index in [0.717, 1.165) is 5.56 Å². The summed E-state index contributed by atoms with van der Waals surface area (Å²) < 4.78 is 50.5. The van der Waals surface area contributed by atoms with Crippen molar-refractivity contribution < 1.29 is 37.0 Å². The Hall–Kier alpha value is -5.14. The second kappa shape index (κ2) is 13.2. The van der Waals surface area contributed by atoms with Gasteiger partial charge in [0.15, 0.2) is 5.82 Å². The van der Waals surface area contributed by atoms with E-state index >= 15 is 0 Å². The topological polar surface area (TPSA) is 130 Å². The Bertz CT molecular complexity index is 1850. The van der Waals surface area contributed by atoms with Crippen molar-refractivity contribution in [3.8, 4) is 17.1 Å². The normalized spacial score (nSPS) is 15.8. The maximum Gasteiger partial charge on any atom is 0.451 e. The number of amides is 3. The molecule has 4 aromatic rings. The maximum atomic E-state index is 14.3. The average molecular weight is 667 g/mol. The number of likely N-dealkylation sites (N-methyl/N-ethyl adjacent to an activating group) is 1. The minimum absolute atomic E-state index is 0.0638. The summed E-state index contributed by atoms with van der Waals surface area (Å²) in [5.74, 6) is -1.67. The summed E-state index contributed by atoms with van der Waals surface area (Å²) >= 11 is 0. The van der Waals surface area contributed by atoms with Gasteiger partial charge < -0.3 is 19.7 Å². The first-order chi connectivity index (χ1) is 22.6. The third-order valence-corrected chi connectivity index (χ3v) is 8.14. The average Bonchev–Trinajstić information content (AvgIpc) is 3.51. The van der Waals surface area contributed by atoms with Crippen molar-refractivity contribution in [1.82, 2.24) is 25.4 Å². The van der Waals surface area contributed by atoms with Crippen molar-refractivity contribution in [3.05, 3.63) is 71.5 Å². The lowest BCUT2D eigenvalue weighted by Crippen LogP contribution is -2.54. The number of para-hydroxylation sites is 1. The Morgan fingerprint density at radius 1 is 1.12 bits per heavy atom. The molecule has 2 atom stereocenters. The van der Waals surface area contributed by atoms with E-state index in [0.29, 0.717) is 46.2 Å². The van der Waals surface area contributed by atoms with Crippen molar-refractivity contribution in [2.75, 3.05) is 19.1 Å². The molecule has 2 heterocycles. The van der Waals surface area contributed by atoms with E-state index < -0.39 is 41.7 Å². The van der Waals surface area contributed by atoms with Gasteiger partial charge in [-0.3, -0.25) is 19.6 Å². The lowest BCUT2D eigenvalue weighted by Gasteiger charge is -2.30. The van der Waals surface area contributed by atoms with Gasteiger partial charge in [0.05, 0.1) is 13.7 Å². The number of hydrogen-bond acceptors (Lipinski definition) is 7. The molecule has 5 rings (SSSR count).